The summed E-state index contributed by atoms with van der Waals surface area (Å²) in [6, 6.07) is 8.63. The third-order valence-electron chi connectivity index (χ3n) is 5.69. The van der Waals surface area contributed by atoms with Crippen molar-refractivity contribution in [2.75, 3.05) is 13.1 Å². The largest absolute Gasteiger partial charge is 0.316 e. The van der Waals surface area contributed by atoms with Crippen LogP contribution in [0.1, 0.15) is 63.9 Å². The molecule has 2 aliphatic rings. The zero-order chi connectivity index (χ0) is 14.8. The highest BCUT2D eigenvalue weighted by molar-refractivity contribution is 6.30. The molecule has 2 aliphatic carbocycles. The fourth-order valence-electron chi connectivity index (χ4n) is 4.78. The van der Waals surface area contributed by atoms with Crippen LogP contribution in [0.3, 0.4) is 0 Å². The van der Waals surface area contributed by atoms with Gasteiger partial charge in [0.25, 0.3) is 0 Å². The molecule has 0 amide bonds. The van der Waals surface area contributed by atoms with Gasteiger partial charge in [0, 0.05) is 17.0 Å². The first kappa shape index (κ1) is 15.4. The van der Waals surface area contributed by atoms with Gasteiger partial charge in [-0.05, 0) is 61.8 Å². The number of hydrogen-bond acceptors (Lipinski definition) is 1. The van der Waals surface area contributed by atoms with Gasteiger partial charge in [0.15, 0.2) is 0 Å². The van der Waals surface area contributed by atoms with Crippen molar-refractivity contribution in [1.29, 1.82) is 0 Å². The van der Waals surface area contributed by atoms with Crippen LogP contribution in [-0.2, 0) is 5.41 Å². The summed E-state index contributed by atoms with van der Waals surface area (Å²) in [5, 5.41) is 4.53. The molecule has 1 aromatic carbocycles. The molecule has 1 N–H and O–H groups in total. The monoisotopic (exact) mass is 305 g/mol. The average Bonchev–Trinajstić information content (AvgIpc) is 2.47. The fourth-order valence-corrected chi connectivity index (χ4v) is 4.90. The molecule has 0 aromatic heterocycles. The number of nitrogens with one attached hydrogen (secondary N) is 1. The molecule has 21 heavy (non-hydrogen) atoms. The average molecular weight is 306 g/mol. The molecular weight excluding hydrogens is 278 g/mol. The molecule has 1 aromatic rings. The van der Waals surface area contributed by atoms with E-state index in [4.69, 9.17) is 11.6 Å². The van der Waals surface area contributed by atoms with Crippen LogP contribution in [0.25, 0.3) is 0 Å². The summed E-state index contributed by atoms with van der Waals surface area (Å²) < 4.78 is 0. The van der Waals surface area contributed by atoms with E-state index in [2.05, 4.69) is 36.5 Å². The van der Waals surface area contributed by atoms with Crippen molar-refractivity contribution >= 4 is 11.6 Å². The van der Waals surface area contributed by atoms with E-state index in [-0.39, 0.29) is 0 Å². The summed E-state index contributed by atoms with van der Waals surface area (Å²) in [5.41, 5.74) is 2.51. The zero-order valence-electron chi connectivity index (χ0n) is 13.3. The Balaban J connectivity index is 1.75. The second kappa shape index (κ2) is 6.30. The quantitative estimate of drug-likeness (QED) is 0.726. The molecule has 2 saturated carbocycles. The third-order valence-corrected chi connectivity index (χ3v) is 5.94. The second-order valence-electron chi connectivity index (χ2n) is 7.38. The minimum absolute atomic E-state index is 0.358. The number of hydrogen-bond donors (Lipinski definition) is 1. The molecule has 3 rings (SSSR count). The molecule has 0 bridgehead atoms. The molecule has 2 fully saturated rings. The van der Waals surface area contributed by atoms with Gasteiger partial charge in [0.2, 0.25) is 0 Å². The van der Waals surface area contributed by atoms with Crippen LogP contribution in [-0.4, -0.2) is 13.1 Å². The van der Waals surface area contributed by atoms with Crippen molar-refractivity contribution in [2.24, 2.45) is 5.41 Å². The van der Waals surface area contributed by atoms with Crippen molar-refractivity contribution in [1.82, 2.24) is 5.32 Å². The van der Waals surface area contributed by atoms with Crippen molar-refractivity contribution in [3.8, 4) is 0 Å². The van der Waals surface area contributed by atoms with Crippen LogP contribution in [0, 0.1) is 5.41 Å². The lowest BCUT2D eigenvalue weighted by Crippen LogP contribution is -2.55. The molecule has 116 valence electrons. The predicted molar refractivity (Wildman–Crippen MR) is 91.0 cm³/mol. The van der Waals surface area contributed by atoms with E-state index in [0.29, 0.717) is 10.8 Å². The van der Waals surface area contributed by atoms with Gasteiger partial charge in [0.05, 0.1) is 0 Å². The van der Waals surface area contributed by atoms with Gasteiger partial charge in [0.1, 0.15) is 0 Å². The maximum absolute atomic E-state index is 6.08. The summed E-state index contributed by atoms with van der Waals surface area (Å²) in [4.78, 5) is 0. The van der Waals surface area contributed by atoms with Gasteiger partial charge in [-0.15, -0.1) is 0 Å². The molecule has 0 unspecified atom stereocenters. The lowest BCUT2D eigenvalue weighted by molar-refractivity contribution is -0.0126. The highest BCUT2D eigenvalue weighted by Gasteiger charge is 2.54. The van der Waals surface area contributed by atoms with Gasteiger partial charge in [-0.2, -0.15) is 0 Å². The molecule has 1 nitrogen and oxygen atoms in total. The van der Waals surface area contributed by atoms with Crippen LogP contribution in [0.4, 0.5) is 0 Å². The van der Waals surface area contributed by atoms with E-state index in [0.717, 1.165) is 18.1 Å². The van der Waals surface area contributed by atoms with Crippen molar-refractivity contribution in [3.63, 3.8) is 0 Å². The summed E-state index contributed by atoms with van der Waals surface area (Å²) >= 11 is 6.08. The Bertz CT molecular complexity index is 451. The maximum atomic E-state index is 6.08. The van der Waals surface area contributed by atoms with Crippen LogP contribution < -0.4 is 5.32 Å². The van der Waals surface area contributed by atoms with Crippen LogP contribution in [0.2, 0.25) is 5.02 Å². The first-order valence-corrected chi connectivity index (χ1v) is 9.03. The van der Waals surface area contributed by atoms with E-state index in [1.807, 2.05) is 0 Å². The van der Waals surface area contributed by atoms with Gasteiger partial charge < -0.3 is 5.32 Å². The highest BCUT2D eigenvalue weighted by atomic mass is 35.5. The minimum Gasteiger partial charge on any atom is -0.316 e. The third kappa shape index (κ3) is 3.14. The number of halogens is 1. The fraction of sp³-hybridized carbons (Fsp3) is 0.684. The molecule has 1 spiro atoms. The zero-order valence-corrected chi connectivity index (χ0v) is 14.0. The number of rotatable bonds is 5. The lowest BCUT2D eigenvalue weighted by Gasteiger charge is -2.59. The molecule has 0 radical (unpaired) electrons. The maximum Gasteiger partial charge on any atom is 0.0406 e. The first-order chi connectivity index (χ1) is 10.2. The molecule has 0 heterocycles. The molecular formula is C19H28ClN. The van der Waals surface area contributed by atoms with Gasteiger partial charge >= 0.3 is 0 Å². The number of benzene rings is 1. The van der Waals surface area contributed by atoms with Crippen molar-refractivity contribution in [3.05, 3.63) is 34.9 Å². The normalized spacial score (nSPS) is 23.0. The second-order valence-corrected chi connectivity index (χ2v) is 7.81. The Labute approximate surface area is 134 Å². The SMILES string of the molecule is CCCNCC1(c2ccc(Cl)cc2)CC2(CCCCC2)C1. The van der Waals surface area contributed by atoms with Crippen LogP contribution >= 0.6 is 11.6 Å². The standard InChI is InChI=1S/C19H28ClN/c1-2-12-21-15-19(16-6-8-17(20)9-7-16)13-18(14-19)10-4-3-5-11-18/h6-9,21H,2-5,10-15H2,1H3. The summed E-state index contributed by atoms with van der Waals surface area (Å²) in [7, 11) is 0. The smallest absolute Gasteiger partial charge is 0.0406 e. The van der Waals surface area contributed by atoms with Crippen molar-refractivity contribution < 1.29 is 0 Å². The Kier molecular flexibility index (Phi) is 4.61. The van der Waals surface area contributed by atoms with Crippen molar-refractivity contribution in [2.45, 2.75) is 63.7 Å². The summed E-state index contributed by atoms with van der Waals surface area (Å²) in [6.45, 7) is 4.50. The molecule has 0 aliphatic heterocycles. The van der Waals surface area contributed by atoms with Crippen LogP contribution in [0.5, 0.6) is 0 Å². The van der Waals surface area contributed by atoms with E-state index in [9.17, 15) is 0 Å². The Morgan fingerprint density at radius 1 is 1.05 bits per heavy atom. The van der Waals surface area contributed by atoms with E-state index >= 15 is 0 Å². The Hall–Kier alpha value is -0.530. The first-order valence-electron chi connectivity index (χ1n) is 8.65. The summed E-state index contributed by atoms with van der Waals surface area (Å²) in [5.74, 6) is 0. The van der Waals surface area contributed by atoms with Gasteiger partial charge in [-0.3, -0.25) is 0 Å². The van der Waals surface area contributed by atoms with E-state index in [1.165, 1.54) is 56.9 Å². The van der Waals surface area contributed by atoms with Gasteiger partial charge in [-0.1, -0.05) is 49.9 Å². The highest BCUT2D eigenvalue weighted by Crippen LogP contribution is 2.61. The predicted octanol–water partition coefficient (Wildman–Crippen LogP) is 5.32. The lowest BCUT2D eigenvalue weighted by atomic mass is 9.46. The Morgan fingerprint density at radius 3 is 2.33 bits per heavy atom. The Morgan fingerprint density at radius 2 is 1.71 bits per heavy atom. The minimum atomic E-state index is 0.358. The topological polar surface area (TPSA) is 12.0 Å². The van der Waals surface area contributed by atoms with Crippen LogP contribution in [0.15, 0.2) is 24.3 Å². The molecule has 0 saturated heterocycles. The van der Waals surface area contributed by atoms with Gasteiger partial charge in [-0.25, -0.2) is 0 Å². The summed E-state index contributed by atoms with van der Waals surface area (Å²) in [6.07, 6.45) is 11.2. The van der Waals surface area contributed by atoms with E-state index in [1.54, 1.807) is 0 Å². The molecule has 2 heteroatoms. The van der Waals surface area contributed by atoms with E-state index < -0.39 is 0 Å². The molecule has 0 atom stereocenters.